The van der Waals surface area contributed by atoms with Crippen molar-refractivity contribution >= 4 is 17.9 Å². The van der Waals surface area contributed by atoms with Gasteiger partial charge in [-0.15, -0.1) is 0 Å². The van der Waals surface area contributed by atoms with Crippen molar-refractivity contribution in [3.63, 3.8) is 0 Å². The van der Waals surface area contributed by atoms with Gasteiger partial charge in [-0.2, -0.15) is 0 Å². The summed E-state index contributed by atoms with van der Waals surface area (Å²) >= 11 is 0. The molecular weight excluding hydrogens is 264 g/mol. The molecule has 0 aromatic heterocycles. The molecule has 0 aromatic rings. The van der Waals surface area contributed by atoms with E-state index < -0.39 is 17.4 Å². The van der Waals surface area contributed by atoms with Gasteiger partial charge in [0.05, 0.1) is 11.8 Å². The highest BCUT2D eigenvalue weighted by molar-refractivity contribution is 5.81. The smallest absolute Gasteiger partial charge is 0.330 e. The van der Waals surface area contributed by atoms with E-state index in [0.29, 0.717) is 6.42 Å². The van der Waals surface area contributed by atoms with Gasteiger partial charge in [0.2, 0.25) is 0 Å². The first-order chi connectivity index (χ1) is 9.33. The molecule has 0 aromatic carbocycles. The second kappa shape index (κ2) is 9.12. The molecule has 114 valence electrons. The van der Waals surface area contributed by atoms with Gasteiger partial charge >= 0.3 is 17.9 Å². The predicted molar refractivity (Wildman–Crippen MR) is 71.8 cm³/mol. The minimum absolute atomic E-state index is 0.0141. The Labute approximate surface area is 119 Å². The van der Waals surface area contributed by atoms with Crippen LogP contribution in [-0.2, 0) is 28.6 Å². The van der Waals surface area contributed by atoms with E-state index in [-0.39, 0.29) is 32.2 Å². The molecule has 6 heteroatoms. The fraction of sp³-hybridized carbons (Fsp3) is 0.643. The molecule has 0 aliphatic heterocycles. The Hall–Kier alpha value is -1.85. The van der Waals surface area contributed by atoms with Crippen molar-refractivity contribution < 1.29 is 28.6 Å². The Morgan fingerprint density at radius 2 is 1.65 bits per heavy atom. The van der Waals surface area contributed by atoms with E-state index in [2.05, 4.69) is 11.3 Å². The minimum Gasteiger partial charge on any atom is -0.462 e. The topological polar surface area (TPSA) is 78.9 Å². The summed E-state index contributed by atoms with van der Waals surface area (Å²) in [5.41, 5.74) is -0.539. The summed E-state index contributed by atoms with van der Waals surface area (Å²) in [6.07, 6.45) is 1.63. The molecule has 20 heavy (non-hydrogen) atoms. The molecule has 0 spiro atoms. The Kier molecular flexibility index (Phi) is 8.27. The lowest BCUT2D eigenvalue weighted by Gasteiger charge is -2.20. The molecule has 0 fully saturated rings. The molecule has 0 saturated heterocycles. The third-order valence-corrected chi connectivity index (χ3v) is 2.73. The maximum atomic E-state index is 11.6. The second-order valence-electron chi connectivity index (χ2n) is 4.72. The van der Waals surface area contributed by atoms with Crippen molar-refractivity contribution in [3.8, 4) is 0 Å². The van der Waals surface area contributed by atoms with E-state index >= 15 is 0 Å². The van der Waals surface area contributed by atoms with Gasteiger partial charge in [-0.25, -0.2) is 4.79 Å². The van der Waals surface area contributed by atoms with Crippen molar-refractivity contribution in [1.29, 1.82) is 0 Å². The van der Waals surface area contributed by atoms with Crippen LogP contribution in [0.3, 0.4) is 0 Å². The number of hydrogen-bond acceptors (Lipinski definition) is 6. The van der Waals surface area contributed by atoms with Crippen LogP contribution in [0.25, 0.3) is 0 Å². The molecule has 0 bridgehead atoms. The zero-order valence-corrected chi connectivity index (χ0v) is 12.3. The largest absolute Gasteiger partial charge is 0.462 e. The average molecular weight is 286 g/mol. The molecule has 0 amide bonds. The van der Waals surface area contributed by atoms with Crippen LogP contribution in [0.4, 0.5) is 0 Å². The summed E-state index contributed by atoms with van der Waals surface area (Å²) in [7, 11) is 0. The van der Waals surface area contributed by atoms with Gasteiger partial charge < -0.3 is 14.2 Å². The van der Waals surface area contributed by atoms with Crippen LogP contribution < -0.4 is 0 Å². The maximum Gasteiger partial charge on any atom is 0.330 e. The molecular formula is C14H22O6. The van der Waals surface area contributed by atoms with Crippen molar-refractivity contribution in [2.45, 2.75) is 33.6 Å². The number of esters is 3. The summed E-state index contributed by atoms with van der Waals surface area (Å²) < 4.78 is 14.4. The molecule has 0 radical (unpaired) electrons. The Bertz CT molecular complexity index is 359. The lowest BCUT2D eigenvalue weighted by atomic mass is 9.91. The third-order valence-electron chi connectivity index (χ3n) is 2.73. The molecule has 0 atom stereocenters. The Balaban J connectivity index is 3.70. The summed E-state index contributed by atoms with van der Waals surface area (Å²) in [4.78, 5) is 33.5. The molecule has 6 nitrogen and oxygen atoms in total. The fourth-order valence-corrected chi connectivity index (χ4v) is 0.996. The fourth-order valence-electron chi connectivity index (χ4n) is 0.996. The number of rotatable bonds is 9. The monoisotopic (exact) mass is 286 g/mol. The van der Waals surface area contributed by atoms with Crippen LogP contribution in [-0.4, -0.2) is 37.7 Å². The highest BCUT2D eigenvalue weighted by Crippen LogP contribution is 2.21. The van der Waals surface area contributed by atoms with Crippen molar-refractivity contribution in [3.05, 3.63) is 12.7 Å². The van der Waals surface area contributed by atoms with E-state index in [9.17, 15) is 14.4 Å². The SMILES string of the molecule is C=CC(=O)OCCC(=O)OCCOC(=O)C(C)(C)CC. The van der Waals surface area contributed by atoms with E-state index in [0.717, 1.165) is 6.08 Å². The van der Waals surface area contributed by atoms with Crippen LogP contribution in [0.1, 0.15) is 33.6 Å². The lowest BCUT2D eigenvalue weighted by Crippen LogP contribution is -2.27. The van der Waals surface area contributed by atoms with E-state index in [1.807, 2.05) is 6.92 Å². The van der Waals surface area contributed by atoms with E-state index in [1.54, 1.807) is 13.8 Å². The van der Waals surface area contributed by atoms with Crippen LogP contribution in [0, 0.1) is 5.41 Å². The molecule has 0 aliphatic carbocycles. The standard InChI is InChI=1S/C14H22O6/c1-5-11(15)18-8-7-12(16)19-9-10-20-13(17)14(3,4)6-2/h5H,1,6-10H2,2-4H3. The van der Waals surface area contributed by atoms with Crippen LogP contribution in [0.15, 0.2) is 12.7 Å². The van der Waals surface area contributed by atoms with Crippen LogP contribution >= 0.6 is 0 Å². The highest BCUT2D eigenvalue weighted by atomic mass is 16.6. The van der Waals surface area contributed by atoms with Gasteiger partial charge in [0.25, 0.3) is 0 Å². The molecule has 0 aliphatic rings. The Morgan fingerprint density at radius 3 is 2.20 bits per heavy atom. The summed E-state index contributed by atoms with van der Waals surface area (Å²) in [6, 6.07) is 0. The average Bonchev–Trinajstić information content (AvgIpc) is 2.42. The van der Waals surface area contributed by atoms with E-state index in [1.165, 1.54) is 0 Å². The second-order valence-corrected chi connectivity index (χ2v) is 4.72. The third kappa shape index (κ3) is 7.56. The van der Waals surface area contributed by atoms with Gasteiger partial charge in [-0.3, -0.25) is 9.59 Å². The van der Waals surface area contributed by atoms with Crippen molar-refractivity contribution in [2.75, 3.05) is 19.8 Å². The molecule has 0 unspecified atom stereocenters. The van der Waals surface area contributed by atoms with Gasteiger partial charge in [0, 0.05) is 6.08 Å². The quantitative estimate of drug-likeness (QED) is 0.277. The van der Waals surface area contributed by atoms with E-state index in [4.69, 9.17) is 9.47 Å². The Morgan fingerprint density at radius 1 is 1.05 bits per heavy atom. The number of ether oxygens (including phenoxy) is 3. The first-order valence-electron chi connectivity index (χ1n) is 6.45. The first kappa shape index (κ1) is 18.1. The molecule has 0 N–H and O–H groups in total. The highest BCUT2D eigenvalue weighted by Gasteiger charge is 2.26. The predicted octanol–water partition coefficient (Wildman–Crippen LogP) is 1.63. The van der Waals surface area contributed by atoms with Gasteiger partial charge in [0.15, 0.2) is 0 Å². The van der Waals surface area contributed by atoms with Gasteiger partial charge in [-0.1, -0.05) is 13.5 Å². The number of hydrogen-bond donors (Lipinski definition) is 0. The molecule has 0 rings (SSSR count). The zero-order valence-electron chi connectivity index (χ0n) is 12.3. The minimum atomic E-state index is -0.589. The normalized spacial score (nSPS) is 10.6. The molecule has 0 saturated carbocycles. The zero-order chi connectivity index (χ0) is 15.6. The van der Waals surface area contributed by atoms with Crippen LogP contribution in [0.2, 0.25) is 0 Å². The molecule has 0 heterocycles. The van der Waals surface area contributed by atoms with Crippen molar-refractivity contribution in [2.24, 2.45) is 5.41 Å². The first-order valence-corrected chi connectivity index (χ1v) is 6.45. The number of carbonyl (C=O) groups excluding carboxylic acids is 3. The van der Waals surface area contributed by atoms with Gasteiger partial charge in [-0.05, 0) is 20.3 Å². The van der Waals surface area contributed by atoms with Gasteiger partial charge in [0.1, 0.15) is 19.8 Å². The summed E-state index contributed by atoms with van der Waals surface area (Å²) in [6.45, 7) is 8.63. The number of carbonyl (C=O) groups is 3. The van der Waals surface area contributed by atoms with Crippen molar-refractivity contribution in [1.82, 2.24) is 0 Å². The summed E-state index contributed by atoms with van der Waals surface area (Å²) in [5, 5.41) is 0. The lowest BCUT2D eigenvalue weighted by molar-refractivity contribution is -0.159. The van der Waals surface area contributed by atoms with Crippen LogP contribution in [0.5, 0.6) is 0 Å². The maximum absolute atomic E-state index is 11.6. The summed E-state index contributed by atoms with van der Waals surface area (Å²) in [5.74, 6) is -1.43.